The molecule has 0 amide bonds. The van der Waals surface area contributed by atoms with Crippen LogP contribution in [0, 0.1) is 5.92 Å². The Morgan fingerprint density at radius 3 is 2.20 bits per heavy atom. The van der Waals surface area contributed by atoms with Gasteiger partial charge in [0.15, 0.2) is 0 Å². The van der Waals surface area contributed by atoms with Crippen molar-refractivity contribution in [2.24, 2.45) is 5.92 Å². The zero-order valence-corrected chi connectivity index (χ0v) is 6.70. The molecule has 56 valence electrons. The van der Waals surface area contributed by atoms with E-state index in [-0.39, 0.29) is 18.2 Å². The van der Waals surface area contributed by atoms with Crippen LogP contribution in [0.25, 0.3) is 0 Å². The summed E-state index contributed by atoms with van der Waals surface area (Å²) in [4.78, 5) is 0. The van der Waals surface area contributed by atoms with Crippen LogP contribution in [0.15, 0.2) is 0 Å². The molecular formula is C7H13BO2. The molecule has 0 aromatic carbocycles. The Morgan fingerprint density at radius 1 is 1.40 bits per heavy atom. The minimum absolute atomic E-state index is 0.134. The van der Waals surface area contributed by atoms with Crippen molar-refractivity contribution in [1.29, 1.82) is 0 Å². The molecule has 4 unspecified atom stereocenters. The fraction of sp³-hybridized carbons (Fsp3) is 1.00. The summed E-state index contributed by atoms with van der Waals surface area (Å²) in [5, 5.41) is 0. The second kappa shape index (κ2) is 2.93. The highest BCUT2D eigenvalue weighted by Crippen LogP contribution is 2.26. The highest BCUT2D eigenvalue weighted by atomic mass is 16.6. The van der Waals surface area contributed by atoms with Crippen molar-refractivity contribution in [3.05, 3.63) is 0 Å². The Hall–Kier alpha value is -0.0151. The van der Waals surface area contributed by atoms with Gasteiger partial charge >= 0.3 is 0 Å². The number of ether oxygens (including phenoxy) is 2. The third-order valence-corrected chi connectivity index (χ3v) is 2.14. The molecule has 0 N–H and O–H groups in total. The molecule has 1 fully saturated rings. The molecule has 4 atom stereocenters. The topological polar surface area (TPSA) is 18.5 Å². The van der Waals surface area contributed by atoms with Crippen LogP contribution in [-0.4, -0.2) is 33.2 Å². The lowest BCUT2D eigenvalue weighted by Crippen LogP contribution is -2.26. The summed E-state index contributed by atoms with van der Waals surface area (Å²) in [5.41, 5.74) is 0. The largest absolute Gasteiger partial charge is 0.382 e. The van der Waals surface area contributed by atoms with E-state index in [0.717, 1.165) is 0 Å². The second-order valence-electron chi connectivity index (χ2n) is 2.87. The van der Waals surface area contributed by atoms with Crippen LogP contribution in [0.5, 0.6) is 0 Å². The van der Waals surface area contributed by atoms with E-state index in [1.807, 2.05) is 13.8 Å². The van der Waals surface area contributed by atoms with Gasteiger partial charge in [-0.3, -0.25) is 0 Å². The lowest BCUT2D eigenvalue weighted by Gasteiger charge is -2.15. The van der Waals surface area contributed by atoms with Gasteiger partial charge in [0, 0.05) is 19.0 Å². The third-order valence-electron chi connectivity index (χ3n) is 2.14. The zero-order chi connectivity index (χ0) is 7.72. The molecule has 1 saturated heterocycles. The summed E-state index contributed by atoms with van der Waals surface area (Å²) in [6.07, 6.45) is 0.296. The molecule has 0 spiro atoms. The van der Waals surface area contributed by atoms with Gasteiger partial charge < -0.3 is 9.47 Å². The molecule has 0 aromatic rings. The Labute approximate surface area is 63.3 Å². The van der Waals surface area contributed by atoms with E-state index >= 15 is 0 Å². The maximum absolute atomic E-state index is 5.63. The van der Waals surface area contributed by atoms with Crippen LogP contribution >= 0.6 is 0 Å². The number of hydrogen-bond acceptors (Lipinski definition) is 2. The Kier molecular flexibility index (Phi) is 2.37. The molecule has 1 aliphatic rings. The van der Waals surface area contributed by atoms with Gasteiger partial charge in [-0.15, -0.1) is 0 Å². The van der Waals surface area contributed by atoms with E-state index < -0.39 is 0 Å². The predicted molar refractivity (Wildman–Crippen MR) is 40.1 cm³/mol. The van der Waals surface area contributed by atoms with E-state index in [1.54, 1.807) is 7.11 Å². The highest BCUT2D eigenvalue weighted by molar-refractivity contribution is 6.11. The van der Waals surface area contributed by atoms with Crippen LogP contribution in [0.4, 0.5) is 0 Å². The van der Waals surface area contributed by atoms with Crippen molar-refractivity contribution >= 4 is 7.85 Å². The van der Waals surface area contributed by atoms with Gasteiger partial charge in [-0.1, -0.05) is 6.92 Å². The van der Waals surface area contributed by atoms with Crippen molar-refractivity contribution in [2.45, 2.75) is 32.1 Å². The van der Waals surface area contributed by atoms with Gasteiger partial charge in [-0.2, -0.15) is 0 Å². The van der Waals surface area contributed by atoms with Crippen molar-refractivity contribution in [3.63, 3.8) is 0 Å². The SMILES string of the molecule is [B]C1OC(C)C(OC)C1C. The molecule has 10 heavy (non-hydrogen) atoms. The molecular weight excluding hydrogens is 127 g/mol. The van der Waals surface area contributed by atoms with Crippen LogP contribution in [0.3, 0.4) is 0 Å². The van der Waals surface area contributed by atoms with E-state index in [2.05, 4.69) is 0 Å². The first-order valence-electron chi connectivity index (χ1n) is 3.60. The normalized spacial score (nSPS) is 47.9. The van der Waals surface area contributed by atoms with E-state index in [1.165, 1.54) is 0 Å². The molecule has 1 rings (SSSR count). The first kappa shape index (κ1) is 8.09. The first-order valence-corrected chi connectivity index (χ1v) is 3.60. The fourth-order valence-electron chi connectivity index (χ4n) is 1.47. The monoisotopic (exact) mass is 140 g/mol. The molecule has 0 aromatic heterocycles. The Bertz CT molecular complexity index is 118. The van der Waals surface area contributed by atoms with Gasteiger partial charge in [-0.05, 0) is 6.92 Å². The third kappa shape index (κ3) is 1.20. The standard InChI is InChI=1S/C7H13BO2/c1-4-6(9-3)5(2)10-7(4)8/h4-7H,1-3H3. The Balaban J connectivity index is 2.55. The first-order chi connectivity index (χ1) is 4.66. The molecule has 0 bridgehead atoms. The molecule has 3 heteroatoms. The summed E-state index contributed by atoms with van der Waals surface area (Å²) in [6, 6.07) is -0.153. The Morgan fingerprint density at radius 2 is 2.00 bits per heavy atom. The van der Waals surface area contributed by atoms with Crippen molar-refractivity contribution < 1.29 is 9.47 Å². The fourth-order valence-corrected chi connectivity index (χ4v) is 1.47. The number of methoxy groups -OCH3 is 1. The van der Waals surface area contributed by atoms with Crippen LogP contribution in [-0.2, 0) is 9.47 Å². The van der Waals surface area contributed by atoms with E-state index in [4.69, 9.17) is 17.3 Å². The molecule has 1 aliphatic heterocycles. The predicted octanol–water partition coefficient (Wildman–Crippen LogP) is 0.551. The summed E-state index contributed by atoms with van der Waals surface area (Å²) < 4.78 is 10.5. The average Bonchev–Trinajstić information content (AvgIpc) is 2.09. The quantitative estimate of drug-likeness (QED) is 0.495. The summed E-state index contributed by atoms with van der Waals surface area (Å²) in [7, 11) is 7.33. The van der Waals surface area contributed by atoms with Crippen LogP contribution < -0.4 is 0 Å². The van der Waals surface area contributed by atoms with Gasteiger partial charge in [0.05, 0.1) is 12.2 Å². The van der Waals surface area contributed by atoms with Crippen molar-refractivity contribution in [1.82, 2.24) is 0 Å². The van der Waals surface area contributed by atoms with Crippen LogP contribution in [0.2, 0.25) is 0 Å². The molecule has 1 heterocycles. The second-order valence-corrected chi connectivity index (χ2v) is 2.87. The van der Waals surface area contributed by atoms with Crippen molar-refractivity contribution in [2.75, 3.05) is 7.11 Å². The minimum atomic E-state index is -0.153. The molecule has 0 saturated carbocycles. The van der Waals surface area contributed by atoms with Gasteiger partial charge in [-0.25, -0.2) is 0 Å². The average molecular weight is 140 g/mol. The van der Waals surface area contributed by atoms with Gasteiger partial charge in [0.25, 0.3) is 0 Å². The van der Waals surface area contributed by atoms with Crippen molar-refractivity contribution in [3.8, 4) is 0 Å². The molecule has 0 aliphatic carbocycles. The zero-order valence-electron chi connectivity index (χ0n) is 6.70. The molecule has 2 radical (unpaired) electrons. The summed E-state index contributed by atoms with van der Waals surface area (Å²) >= 11 is 0. The molecule has 2 nitrogen and oxygen atoms in total. The smallest absolute Gasteiger partial charge is 0.109 e. The summed E-state index contributed by atoms with van der Waals surface area (Å²) in [5.74, 6) is 0.306. The lowest BCUT2D eigenvalue weighted by molar-refractivity contribution is 0.0169. The minimum Gasteiger partial charge on any atom is -0.382 e. The van der Waals surface area contributed by atoms with E-state index in [9.17, 15) is 0 Å². The number of rotatable bonds is 1. The van der Waals surface area contributed by atoms with Gasteiger partial charge in [0.1, 0.15) is 7.85 Å². The summed E-state index contributed by atoms with van der Waals surface area (Å²) in [6.45, 7) is 4.03. The number of hydrogen-bond donors (Lipinski definition) is 0. The maximum atomic E-state index is 5.63. The van der Waals surface area contributed by atoms with Gasteiger partial charge in [0.2, 0.25) is 0 Å². The van der Waals surface area contributed by atoms with Crippen LogP contribution in [0.1, 0.15) is 13.8 Å². The lowest BCUT2D eigenvalue weighted by atomic mass is 9.86. The maximum Gasteiger partial charge on any atom is 0.109 e. The van der Waals surface area contributed by atoms with E-state index in [0.29, 0.717) is 5.92 Å². The highest BCUT2D eigenvalue weighted by Gasteiger charge is 2.36.